The Labute approximate surface area is 105 Å². The zero-order chi connectivity index (χ0) is 13.7. The molecule has 0 aliphatic carbocycles. The monoisotopic (exact) mass is 246 g/mol. The molecule has 0 aliphatic rings. The van der Waals surface area contributed by atoms with E-state index in [1.807, 2.05) is 27.7 Å². The zero-order valence-corrected chi connectivity index (χ0v) is 11.7. The van der Waals surface area contributed by atoms with Gasteiger partial charge in [-0.2, -0.15) is 0 Å². The van der Waals surface area contributed by atoms with Crippen molar-refractivity contribution in [2.45, 2.75) is 53.9 Å². The summed E-state index contributed by atoms with van der Waals surface area (Å²) >= 11 is 0. The van der Waals surface area contributed by atoms with Crippen LogP contribution in [-0.2, 0) is 19.1 Å². The average Bonchev–Trinajstić information content (AvgIpc) is 2.27. The summed E-state index contributed by atoms with van der Waals surface area (Å²) in [5.41, 5.74) is 0. The molecule has 0 aromatic carbocycles. The maximum absolute atomic E-state index is 10.5. The Morgan fingerprint density at radius 2 is 1.59 bits per heavy atom. The summed E-state index contributed by atoms with van der Waals surface area (Å²) in [7, 11) is 0. The second-order valence-electron chi connectivity index (χ2n) is 3.99. The van der Waals surface area contributed by atoms with E-state index in [4.69, 9.17) is 4.74 Å². The summed E-state index contributed by atoms with van der Waals surface area (Å²) in [5.74, 6) is 0.249. The molecule has 0 amide bonds. The number of rotatable bonds is 6. The van der Waals surface area contributed by atoms with E-state index in [1.54, 1.807) is 6.92 Å². The Balaban J connectivity index is 0. The van der Waals surface area contributed by atoms with Gasteiger partial charge in [0.2, 0.25) is 0 Å². The van der Waals surface area contributed by atoms with Crippen molar-refractivity contribution in [2.75, 3.05) is 13.2 Å². The number of esters is 2. The highest BCUT2D eigenvalue weighted by Crippen LogP contribution is 1.93. The first-order valence-electron chi connectivity index (χ1n) is 6.29. The van der Waals surface area contributed by atoms with E-state index in [0.717, 1.165) is 6.42 Å². The predicted molar refractivity (Wildman–Crippen MR) is 67.6 cm³/mol. The van der Waals surface area contributed by atoms with Crippen LogP contribution in [0.3, 0.4) is 0 Å². The van der Waals surface area contributed by atoms with Gasteiger partial charge in [-0.05, 0) is 19.3 Å². The van der Waals surface area contributed by atoms with Gasteiger partial charge in [0, 0.05) is 12.8 Å². The van der Waals surface area contributed by atoms with Gasteiger partial charge in [-0.25, -0.2) is 0 Å². The molecule has 4 nitrogen and oxygen atoms in total. The summed E-state index contributed by atoms with van der Waals surface area (Å²) < 4.78 is 9.46. The molecule has 17 heavy (non-hydrogen) atoms. The Morgan fingerprint density at radius 1 is 1.00 bits per heavy atom. The molecule has 0 aromatic heterocycles. The quantitative estimate of drug-likeness (QED) is 0.676. The van der Waals surface area contributed by atoms with Gasteiger partial charge >= 0.3 is 11.9 Å². The van der Waals surface area contributed by atoms with E-state index >= 15 is 0 Å². The molecular formula is C13H26O4. The fraction of sp³-hybridized carbons (Fsp3) is 0.846. The standard InChI is InChI=1S/C7H14O2.C6H12O2/c1-4-7(8)9-5-6(2)3;1-3-5-6(7)8-4-2/h6H,4-5H2,1-3H3;3-5H2,1-2H3. The lowest BCUT2D eigenvalue weighted by Gasteiger charge is -2.04. The molecule has 4 heteroatoms. The lowest BCUT2D eigenvalue weighted by molar-refractivity contribution is -0.144. The summed E-state index contributed by atoms with van der Waals surface area (Å²) in [6.45, 7) is 10.6. The fourth-order valence-corrected chi connectivity index (χ4v) is 0.799. The lowest BCUT2D eigenvalue weighted by atomic mass is 10.2. The summed E-state index contributed by atoms with van der Waals surface area (Å²) in [4.78, 5) is 20.9. The van der Waals surface area contributed by atoms with Crippen molar-refractivity contribution in [1.82, 2.24) is 0 Å². The summed E-state index contributed by atoms with van der Waals surface area (Å²) in [5, 5.41) is 0. The number of hydrogen-bond acceptors (Lipinski definition) is 4. The van der Waals surface area contributed by atoms with Crippen molar-refractivity contribution < 1.29 is 19.1 Å². The van der Waals surface area contributed by atoms with E-state index in [1.165, 1.54) is 0 Å². The summed E-state index contributed by atoms with van der Waals surface area (Å²) in [6.07, 6.45) is 1.90. The number of hydrogen-bond donors (Lipinski definition) is 0. The van der Waals surface area contributed by atoms with Crippen molar-refractivity contribution in [2.24, 2.45) is 5.92 Å². The Bertz CT molecular complexity index is 192. The van der Waals surface area contributed by atoms with Crippen LogP contribution in [-0.4, -0.2) is 25.2 Å². The van der Waals surface area contributed by atoms with Gasteiger partial charge in [-0.1, -0.05) is 27.7 Å². The van der Waals surface area contributed by atoms with Crippen LogP contribution in [0.4, 0.5) is 0 Å². The fourth-order valence-electron chi connectivity index (χ4n) is 0.799. The smallest absolute Gasteiger partial charge is 0.305 e. The first kappa shape index (κ1) is 18.3. The molecule has 0 N–H and O–H groups in total. The maximum atomic E-state index is 10.5. The minimum absolute atomic E-state index is 0.0880. The highest BCUT2D eigenvalue weighted by atomic mass is 16.5. The molecule has 0 saturated heterocycles. The molecule has 0 spiro atoms. The van der Waals surface area contributed by atoms with E-state index in [0.29, 0.717) is 32.0 Å². The molecular weight excluding hydrogens is 220 g/mol. The zero-order valence-electron chi connectivity index (χ0n) is 11.7. The minimum Gasteiger partial charge on any atom is -0.466 e. The molecule has 0 bridgehead atoms. The molecule has 0 fully saturated rings. The maximum Gasteiger partial charge on any atom is 0.305 e. The Morgan fingerprint density at radius 3 is 1.94 bits per heavy atom. The second kappa shape index (κ2) is 13.0. The third-order valence-corrected chi connectivity index (χ3v) is 1.63. The van der Waals surface area contributed by atoms with Gasteiger partial charge in [-0.3, -0.25) is 9.59 Å². The molecule has 0 unspecified atom stereocenters. The van der Waals surface area contributed by atoms with Gasteiger partial charge in [0.15, 0.2) is 0 Å². The predicted octanol–water partition coefficient (Wildman–Crippen LogP) is 2.95. The first-order valence-corrected chi connectivity index (χ1v) is 6.29. The number of carbonyl (C=O) groups is 2. The number of carbonyl (C=O) groups excluding carboxylic acids is 2. The normalized spacial score (nSPS) is 9.29. The van der Waals surface area contributed by atoms with Gasteiger partial charge in [0.05, 0.1) is 13.2 Å². The second-order valence-corrected chi connectivity index (χ2v) is 3.99. The minimum atomic E-state index is -0.108. The molecule has 0 aromatic rings. The largest absolute Gasteiger partial charge is 0.466 e. The highest BCUT2D eigenvalue weighted by Gasteiger charge is 1.98. The van der Waals surface area contributed by atoms with Crippen LogP contribution in [0.2, 0.25) is 0 Å². The van der Waals surface area contributed by atoms with Crippen molar-refractivity contribution in [3.63, 3.8) is 0 Å². The summed E-state index contributed by atoms with van der Waals surface area (Å²) in [6, 6.07) is 0. The van der Waals surface area contributed by atoms with Gasteiger partial charge in [0.25, 0.3) is 0 Å². The SMILES string of the molecule is CCC(=O)OCC(C)C.CCCC(=O)OCC. The van der Waals surface area contributed by atoms with Crippen molar-refractivity contribution >= 4 is 11.9 Å². The van der Waals surface area contributed by atoms with Crippen molar-refractivity contribution in [3.8, 4) is 0 Å². The molecule has 0 rings (SSSR count). The number of ether oxygens (including phenoxy) is 2. The topological polar surface area (TPSA) is 52.6 Å². The van der Waals surface area contributed by atoms with Gasteiger partial charge < -0.3 is 9.47 Å². The Kier molecular flexibility index (Phi) is 14.0. The molecule has 0 radical (unpaired) electrons. The van der Waals surface area contributed by atoms with Crippen LogP contribution in [0.1, 0.15) is 53.9 Å². The molecule has 0 aliphatic heterocycles. The van der Waals surface area contributed by atoms with Gasteiger partial charge in [0.1, 0.15) is 0 Å². The van der Waals surface area contributed by atoms with E-state index < -0.39 is 0 Å². The van der Waals surface area contributed by atoms with E-state index in [-0.39, 0.29) is 11.9 Å². The van der Waals surface area contributed by atoms with Crippen LogP contribution < -0.4 is 0 Å². The Hall–Kier alpha value is -1.06. The third-order valence-electron chi connectivity index (χ3n) is 1.63. The van der Waals surface area contributed by atoms with Crippen LogP contribution in [0.5, 0.6) is 0 Å². The van der Waals surface area contributed by atoms with Crippen LogP contribution >= 0.6 is 0 Å². The molecule has 102 valence electrons. The lowest BCUT2D eigenvalue weighted by Crippen LogP contribution is -2.07. The molecule has 0 atom stereocenters. The molecule has 0 saturated carbocycles. The van der Waals surface area contributed by atoms with Crippen LogP contribution in [0.25, 0.3) is 0 Å². The van der Waals surface area contributed by atoms with Crippen LogP contribution in [0, 0.1) is 5.92 Å². The van der Waals surface area contributed by atoms with Crippen LogP contribution in [0.15, 0.2) is 0 Å². The van der Waals surface area contributed by atoms with Crippen molar-refractivity contribution in [3.05, 3.63) is 0 Å². The van der Waals surface area contributed by atoms with E-state index in [2.05, 4.69) is 4.74 Å². The van der Waals surface area contributed by atoms with E-state index in [9.17, 15) is 9.59 Å². The highest BCUT2D eigenvalue weighted by molar-refractivity contribution is 5.69. The molecule has 0 heterocycles. The first-order chi connectivity index (χ1) is 7.97. The average molecular weight is 246 g/mol. The third kappa shape index (κ3) is 17.5. The van der Waals surface area contributed by atoms with Gasteiger partial charge in [-0.15, -0.1) is 0 Å². The van der Waals surface area contributed by atoms with Crippen molar-refractivity contribution in [1.29, 1.82) is 0 Å².